The Morgan fingerprint density at radius 2 is 1.70 bits per heavy atom. The molecule has 3 aromatic rings. The van der Waals surface area contributed by atoms with Crippen LogP contribution in [0.25, 0.3) is 10.8 Å². The van der Waals surface area contributed by atoms with E-state index in [1.165, 1.54) is 12.2 Å². The van der Waals surface area contributed by atoms with Gasteiger partial charge in [-0.3, -0.25) is 29.0 Å². The third-order valence-corrected chi connectivity index (χ3v) is 15.3. The fourth-order valence-electron chi connectivity index (χ4n) is 11.9. The van der Waals surface area contributed by atoms with Gasteiger partial charge in [0.2, 0.25) is 11.7 Å². The summed E-state index contributed by atoms with van der Waals surface area (Å²) in [6.45, 7) is 4.46. The number of carbonyl (C=O) groups excluding carboxylic acids is 5. The lowest BCUT2D eigenvalue weighted by molar-refractivity contribution is -0.220. The average molecular weight is 836 g/mol. The second kappa shape index (κ2) is 16.0. The first-order valence-electron chi connectivity index (χ1n) is 21.4. The fourth-order valence-corrected chi connectivity index (χ4v) is 11.9. The number of amides is 1. The quantitative estimate of drug-likeness (QED) is 0.170. The molecule has 0 bridgehead atoms. The Bertz CT molecular complexity index is 2330. The van der Waals surface area contributed by atoms with Gasteiger partial charge < -0.3 is 30.7 Å². The number of benzene rings is 2. The van der Waals surface area contributed by atoms with Gasteiger partial charge in [-0.15, -0.1) is 0 Å². The molecule has 0 aliphatic heterocycles. The number of ether oxygens (including phenoxy) is 2. The van der Waals surface area contributed by atoms with Crippen LogP contribution >= 0.6 is 0 Å². The molecule has 11 atom stereocenters. The minimum absolute atomic E-state index is 0.0653. The molecule has 1 heterocycles. The van der Waals surface area contributed by atoms with Crippen molar-refractivity contribution in [1.82, 2.24) is 4.98 Å². The van der Waals surface area contributed by atoms with Crippen LogP contribution in [-0.4, -0.2) is 75.1 Å². The Kier molecular flexibility index (Phi) is 11.2. The van der Waals surface area contributed by atoms with Gasteiger partial charge in [0.1, 0.15) is 12.2 Å². The van der Waals surface area contributed by atoms with Crippen molar-refractivity contribution >= 4 is 45.9 Å². The van der Waals surface area contributed by atoms with Gasteiger partial charge in [0, 0.05) is 46.8 Å². The normalized spacial score (nSPS) is 34.4. The number of nitrogens with one attached hydrogen (secondary N) is 1. The third-order valence-electron chi connectivity index (χ3n) is 15.3. The Morgan fingerprint density at radius 3 is 2.43 bits per heavy atom. The van der Waals surface area contributed by atoms with Crippen molar-refractivity contribution in [3.8, 4) is 0 Å². The zero-order valence-corrected chi connectivity index (χ0v) is 34.8. The van der Waals surface area contributed by atoms with E-state index in [0.29, 0.717) is 60.9 Å². The maximum atomic E-state index is 17.6. The van der Waals surface area contributed by atoms with Gasteiger partial charge in [0.15, 0.2) is 18.1 Å². The summed E-state index contributed by atoms with van der Waals surface area (Å²) in [5.74, 6) is -6.51. The predicted molar refractivity (Wildman–Crippen MR) is 223 cm³/mol. The number of ketones is 2. The van der Waals surface area contributed by atoms with Crippen LogP contribution in [0.1, 0.15) is 82.8 Å². The lowest BCUT2D eigenvalue weighted by Crippen LogP contribution is -2.69. The molecule has 13 heteroatoms. The summed E-state index contributed by atoms with van der Waals surface area (Å²) in [6, 6.07) is 14.5. The standard InChI is InChI=1S/C48H54FN3O9/c1-27-19-39-38-14-12-32-21-34(53)15-17-45(32,2)47(38,49)40(54)22-46(39,3)48(27,59)41(55)26-61-44(58)36-6-4-5-35(36)43(57)60-25-28-7-9-29(10-8-28)37(23-50)42(56)52-33-13-11-31-24-51-18-16-30(31)20-33/h7-11,13,15-18,20-21,24,27,35-40,54,59H,4-6,12,14,19,22-23,25-26,50H2,1-3H3,(H,52,56)/t27-,35?,36?,37-,38+,39+,40+,45+,46+,47+,48+/m1/s1. The van der Waals surface area contributed by atoms with E-state index in [-0.39, 0.29) is 31.3 Å². The number of nitrogens with zero attached hydrogens (tertiary/aromatic N) is 1. The minimum Gasteiger partial charge on any atom is -0.461 e. The summed E-state index contributed by atoms with van der Waals surface area (Å²) in [6.07, 6.45) is 8.58. The Morgan fingerprint density at radius 1 is 0.984 bits per heavy atom. The number of pyridine rings is 1. The first-order valence-corrected chi connectivity index (χ1v) is 21.4. The van der Waals surface area contributed by atoms with Gasteiger partial charge in [-0.05, 0) is 104 Å². The zero-order chi connectivity index (χ0) is 43.5. The lowest BCUT2D eigenvalue weighted by atomic mass is 9.44. The molecule has 1 aromatic heterocycles. The number of halogens is 1. The van der Waals surface area contributed by atoms with Crippen molar-refractivity contribution in [2.45, 2.75) is 95.6 Å². The number of aliphatic hydroxyl groups is 2. The molecule has 8 rings (SSSR count). The number of aliphatic hydroxyl groups excluding tert-OH is 1. The van der Waals surface area contributed by atoms with E-state index in [0.717, 1.165) is 10.8 Å². The third kappa shape index (κ3) is 6.93. The molecule has 0 radical (unpaired) electrons. The molecule has 5 aliphatic carbocycles. The monoisotopic (exact) mass is 835 g/mol. The second-order valence-corrected chi connectivity index (χ2v) is 18.4. The highest BCUT2D eigenvalue weighted by Crippen LogP contribution is 2.70. The van der Waals surface area contributed by atoms with Gasteiger partial charge in [-0.25, -0.2) is 4.39 Å². The van der Waals surface area contributed by atoms with Crippen LogP contribution in [0, 0.1) is 40.4 Å². The van der Waals surface area contributed by atoms with Crippen LogP contribution in [0.5, 0.6) is 0 Å². The van der Waals surface area contributed by atoms with Crippen LogP contribution in [-0.2, 0) is 40.1 Å². The van der Waals surface area contributed by atoms with Crippen LogP contribution in [0.2, 0.25) is 0 Å². The predicted octanol–water partition coefficient (Wildman–Crippen LogP) is 5.84. The molecule has 1 amide bonds. The molecule has 5 N–H and O–H groups in total. The van der Waals surface area contributed by atoms with E-state index >= 15 is 4.39 Å². The molecular formula is C48H54FN3O9. The number of hydrogen-bond donors (Lipinski definition) is 4. The van der Waals surface area contributed by atoms with Crippen molar-refractivity contribution in [3.63, 3.8) is 0 Å². The van der Waals surface area contributed by atoms with Gasteiger partial charge in [0.25, 0.3) is 0 Å². The minimum atomic E-state index is -2.11. The molecule has 12 nitrogen and oxygen atoms in total. The maximum Gasteiger partial charge on any atom is 0.310 e. The fraction of sp³-hybridized carbons (Fsp3) is 0.500. The van der Waals surface area contributed by atoms with Gasteiger partial charge in [0.05, 0.1) is 23.9 Å². The number of hydrogen-bond acceptors (Lipinski definition) is 11. The summed E-state index contributed by atoms with van der Waals surface area (Å²) in [5.41, 5.74) is 2.13. The van der Waals surface area contributed by atoms with Gasteiger partial charge in [-0.2, -0.15) is 0 Å². The van der Waals surface area contributed by atoms with Crippen molar-refractivity contribution in [3.05, 3.63) is 95.9 Å². The first-order chi connectivity index (χ1) is 29.0. The highest BCUT2D eigenvalue weighted by Gasteiger charge is 2.75. The molecule has 4 saturated carbocycles. The Balaban J connectivity index is 0.865. The van der Waals surface area contributed by atoms with E-state index in [1.54, 1.807) is 63.5 Å². The van der Waals surface area contributed by atoms with E-state index in [9.17, 15) is 34.2 Å². The van der Waals surface area contributed by atoms with Crippen LogP contribution in [0.15, 0.2) is 84.7 Å². The SMILES string of the molecule is C[C@@H]1C[C@H]2[C@@H]3CCC4=CC(=O)C=C[C@]4(C)[C@@]3(F)[C@@H](O)C[C@]2(C)[C@@]1(O)C(=O)COC(=O)C1CCCC1C(=O)OCc1ccc([C@@H](CN)C(=O)Nc2ccc3cnccc3c2)cc1. The van der Waals surface area contributed by atoms with E-state index in [1.807, 2.05) is 24.3 Å². The van der Waals surface area contributed by atoms with Crippen LogP contribution < -0.4 is 11.1 Å². The van der Waals surface area contributed by atoms with Crippen molar-refractivity contribution in [2.24, 2.45) is 46.2 Å². The lowest BCUT2D eigenvalue weighted by Gasteiger charge is -2.62. The van der Waals surface area contributed by atoms with E-state index in [4.69, 9.17) is 15.2 Å². The summed E-state index contributed by atoms with van der Waals surface area (Å²) in [5, 5.41) is 28.8. The summed E-state index contributed by atoms with van der Waals surface area (Å²) >= 11 is 0. The molecule has 61 heavy (non-hydrogen) atoms. The Labute approximate surface area is 354 Å². The largest absolute Gasteiger partial charge is 0.461 e. The summed E-state index contributed by atoms with van der Waals surface area (Å²) in [7, 11) is 0. The number of anilines is 1. The molecule has 322 valence electrons. The van der Waals surface area contributed by atoms with Crippen LogP contribution in [0.3, 0.4) is 0 Å². The van der Waals surface area contributed by atoms with Crippen molar-refractivity contribution in [1.29, 1.82) is 0 Å². The second-order valence-electron chi connectivity index (χ2n) is 18.4. The number of allylic oxidation sites excluding steroid dienone is 4. The number of alkyl halides is 1. The molecule has 4 fully saturated rings. The number of Topliss-reactive ketones (excluding diaryl/α,β-unsaturated/α-hetero) is 1. The first kappa shape index (κ1) is 42.6. The molecule has 5 aliphatic rings. The molecular weight excluding hydrogens is 782 g/mol. The van der Waals surface area contributed by atoms with Crippen molar-refractivity contribution in [2.75, 3.05) is 18.5 Å². The number of nitrogens with two attached hydrogens (primary N) is 1. The number of esters is 2. The molecule has 0 saturated heterocycles. The highest BCUT2D eigenvalue weighted by atomic mass is 19.1. The molecule has 2 unspecified atom stereocenters. The number of aromatic nitrogens is 1. The summed E-state index contributed by atoms with van der Waals surface area (Å²) < 4.78 is 28.8. The van der Waals surface area contributed by atoms with Crippen LogP contribution in [0.4, 0.5) is 10.1 Å². The number of carbonyl (C=O) groups is 5. The van der Waals surface area contributed by atoms with Gasteiger partial charge in [-0.1, -0.05) is 62.2 Å². The highest BCUT2D eigenvalue weighted by molar-refractivity contribution is 6.01. The van der Waals surface area contributed by atoms with Gasteiger partial charge >= 0.3 is 11.9 Å². The van der Waals surface area contributed by atoms with E-state index < -0.39 is 88.0 Å². The Hall–Kier alpha value is -5.11. The van der Waals surface area contributed by atoms with E-state index in [2.05, 4.69) is 10.3 Å². The molecule has 0 spiro atoms. The summed E-state index contributed by atoms with van der Waals surface area (Å²) in [4.78, 5) is 70.4. The molecule has 2 aromatic carbocycles. The zero-order valence-electron chi connectivity index (χ0n) is 34.8. The maximum absolute atomic E-state index is 17.6. The van der Waals surface area contributed by atoms with Crippen molar-refractivity contribution < 1.29 is 48.0 Å². The topological polar surface area (TPSA) is 195 Å². The average Bonchev–Trinajstić information content (AvgIpc) is 3.82. The number of fused-ring (bicyclic) bond motifs is 6. The number of rotatable bonds is 11. The smallest absolute Gasteiger partial charge is 0.310 e.